The minimum Gasteiger partial charge on any atom is -0.870 e. The van der Waals surface area contributed by atoms with Crippen LogP contribution in [0.3, 0.4) is 0 Å². The van der Waals surface area contributed by atoms with Gasteiger partial charge in [0.05, 0.1) is 71.9 Å². The van der Waals surface area contributed by atoms with Crippen LogP contribution in [0.15, 0.2) is 84.5 Å². The maximum atomic E-state index is 12.4. The van der Waals surface area contributed by atoms with Crippen LogP contribution in [0.5, 0.6) is 0 Å². The van der Waals surface area contributed by atoms with Crippen LogP contribution in [0.4, 0.5) is 17.3 Å². The maximum Gasteiger partial charge on any atom is 1.00 e. The average molecular weight is 1630 g/mol. The van der Waals surface area contributed by atoms with Crippen LogP contribution in [0, 0.1) is 34.6 Å². The van der Waals surface area contributed by atoms with E-state index < -0.39 is 5.20 Å². The molecular weight excluding hydrogens is 1540 g/mol. The summed E-state index contributed by atoms with van der Waals surface area (Å²) in [5.74, 6) is 1.24. The molecule has 9 rings (SSSR count). The number of hydrogen-bond acceptors (Lipinski definition) is 25. The summed E-state index contributed by atoms with van der Waals surface area (Å²) < 4.78 is 22.9. The molecule has 31 nitrogen and oxygen atoms in total. The molecule has 0 aliphatic rings. The molecule has 40 heteroatoms. The molecule has 0 radical (unpaired) electrons. The Morgan fingerprint density at radius 2 is 0.972 bits per heavy atom. The predicted octanol–water partition coefficient (Wildman–Crippen LogP) is 12.6. The quantitative estimate of drug-likeness (QED) is 0.0495. The molecule has 0 bridgehead atoms. The summed E-state index contributed by atoms with van der Waals surface area (Å²) in [6.45, 7) is 22.1. The van der Waals surface area contributed by atoms with E-state index >= 15 is 0 Å². The Hall–Kier alpha value is -8.76. The van der Waals surface area contributed by atoms with E-state index in [4.69, 9.17) is 105 Å². The number of benzene rings is 1. The van der Waals surface area contributed by atoms with E-state index in [-0.39, 0.29) is 96.7 Å². The molecule has 8 aromatic heterocycles. The molecule has 0 saturated heterocycles. The van der Waals surface area contributed by atoms with Gasteiger partial charge in [-0.15, -0.1) is 0 Å². The fourth-order valence-corrected chi connectivity index (χ4v) is 9.10. The third kappa shape index (κ3) is 43.6. The van der Waals surface area contributed by atoms with Gasteiger partial charge in [0, 0.05) is 88.4 Å². The molecule has 580 valence electrons. The number of ether oxygens (including phenoxy) is 1. The topological polar surface area (TPSA) is 439 Å². The van der Waals surface area contributed by atoms with E-state index in [9.17, 15) is 14.2 Å². The van der Waals surface area contributed by atoms with Gasteiger partial charge >= 0.3 is 60.8 Å². The number of nitrogens with zero attached hydrogens (tertiary/aromatic N) is 13. The molecule has 0 unspecified atom stereocenters. The molecule has 0 saturated carbocycles. The number of aromatic nitrogens is 13. The molecule has 0 aliphatic carbocycles. The predicted molar refractivity (Wildman–Crippen MR) is 406 cm³/mol. The van der Waals surface area contributed by atoms with Gasteiger partial charge in [-0.1, -0.05) is 115 Å². The number of aryl methyl sites for hydroxylation is 11. The number of nitrogens with two attached hydrogens (primary N) is 1. The van der Waals surface area contributed by atoms with Gasteiger partial charge in [-0.25, -0.2) is 19.7 Å². The zero-order valence-corrected chi connectivity index (χ0v) is 64.8. The Morgan fingerprint density at radius 1 is 0.575 bits per heavy atom. The van der Waals surface area contributed by atoms with Gasteiger partial charge in [0.2, 0.25) is 0 Å². The summed E-state index contributed by atoms with van der Waals surface area (Å²) in [5.41, 5.74) is 16.6. The molecule has 1 aromatic carbocycles. The average Bonchev–Trinajstić information content (AvgIpc) is 1.62. The van der Waals surface area contributed by atoms with Gasteiger partial charge in [-0.3, -0.25) is 32.8 Å². The smallest absolute Gasteiger partial charge is 0.870 e. The number of hydrogen-bond donors (Lipinski definition) is 3. The van der Waals surface area contributed by atoms with E-state index in [1.54, 1.807) is 75.3 Å². The van der Waals surface area contributed by atoms with Crippen LogP contribution < -0.4 is 35.2 Å². The minimum atomic E-state index is -3.22. The third-order valence-corrected chi connectivity index (χ3v) is 13.6. The summed E-state index contributed by atoms with van der Waals surface area (Å²) >= 11 is 38.3. The van der Waals surface area contributed by atoms with Crippen molar-refractivity contribution in [3.8, 4) is 0 Å². The monoisotopic (exact) mass is 1630 g/mol. The van der Waals surface area contributed by atoms with Crippen molar-refractivity contribution in [2.75, 3.05) is 23.0 Å². The number of esters is 1. The molecule has 0 fully saturated rings. The first kappa shape index (κ1) is 116. The fourth-order valence-electron chi connectivity index (χ4n) is 7.94. The molecule has 1 amide bonds. The first-order valence-electron chi connectivity index (χ1n) is 28.7. The molecule has 9 aromatic rings. The number of halogens is 7. The summed E-state index contributed by atoms with van der Waals surface area (Å²) in [6.07, 6.45) is 13.9. The zero-order chi connectivity index (χ0) is 77.6. The minimum absolute atomic E-state index is 0. The Bertz CT molecular complexity index is 4250. The largest absolute Gasteiger partial charge is 1.00 e. The first-order valence-corrected chi connectivity index (χ1v) is 34.6. The summed E-state index contributed by atoms with van der Waals surface area (Å²) in [4.78, 5) is 117. The van der Waals surface area contributed by atoms with Crippen LogP contribution >= 0.6 is 85.3 Å². The number of nitrogens with one attached hydrogen (secondary N) is 2. The number of nitrogen functional groups attached to an aromatic ring is 1. The van der Waals surface area contributed by atoms with Crippen molar-refractivity contribution in [3.63, 3.8) is 0 Å². The number of carbonyl (C=O) groups excluding carboxylic acids is 12. The zero-order valence-electron chi connectivity index (χ0n) is 58.6. The van der Waals surface area contributed by atoms with E-state index in [0.29, 0.717) is 49.8 Å². The Labute approximate surface area is 662 Å². The fraction of sp³-hybridized carbons (Fsp3) is 0.379. The van der Waals surface area contributed by atoms with E-state index in [2.05, 4.69) is 112 Å². The first-order chi connectivity index (χ1) is 47.0. The van der Waals surface area contributed by atoms with Crippen molar-refractivity contribution >= 4 is 178 Å². The molecule has 8 heterocycles. The van der Waals surface area contributed by atoms with Crippen LogP contribution in [0.2, 0.25) is 20.1 Å². The van der Waals surface area contributed by atoms with Crippen LogP contribution in [-0.2, 0) is 104 Å². The summed E-state index contributed by atoms with van der Waals surface area (Å²) in [5, 5.41) is 28.9. The Balaban J connectivity index is -0.000000146. The van der Waals surface area contributed by atoms with Gasteiger partial charge < -0.3 is 26.6 Å². The van der Waals surface area contributed by atoms with E-state index in [0.717, 1.165) is 98.2 Å². The SMILES string of the molecule is C.C.C.C.C/C=C(\CC)C(=O)OCC.CCC(=CNc1cc(C)nn1C)CC.CCc1cnc2c(c(C)nn2C)c1Cl.Cc1cc(N)n(C)n1.Cc1nn(C)c2ncc(C(=O)Nc3ccc(Cl)cc3)c(Cl)c12.Cc1nn(C)c2nccc(Cl)c12.O=C=O.O=C=O.O=C=O.O=C=O.O=C=O.O=P(Cl)(Cl)Cl.[Li+].[OH-]. The molecule has 106 heavy (non-hydrogen) atoms. The van der Waals surface area contributed by atoms with Gasteiger partial charge in [0.15, 0.2) is 16.9 Å². The second kappa shape index (κ2) is 63.5. The molecular formula is C66H91Cl7LiN16O15P. The maximum absolute atomic E-state index is 12.4. The number of rotatable bonds is 10. The second-order valence-corrected chi connectivity index (χ2v) is 27.1. The van der Waals surface area contributed by atoms with Crippen molar-refractivity contribution < 1.29 is 91.2 Å². The van der Waals surface area contributed by atoms with Crippen molar-refractivity contribution in [2.24, 2.45) is 35.2 Å². The number of fused-ring (bicyclic) bond motifs is 3. The normalized spacial score (nSPS) is 9.03. The van der Waals surface area contributed by atoms with Gasteiger partial charge in [-0.05, 0) is 144 Å². The van der Waals surface area contributed by atoms with E-state index in [1.807, 2.05) is 99.7 Å². The van der Waals surface area contributed by atoms with Crippen LogP contribution in [-0.4, -0.2) is 119 Å². The number of pyridine rings is 3. The number of amides is 1. The number of anilines is 3. The van der Waals surface area contributed by atoms with Crippen molar-refractivity contribution in [1.82, 2.24) is 63.9 Å². The van der Waals surface area contributed by atoms with Gasteiger partial charge in [0.25, 0.3) is 5.91 Å². The van der Waals surface area contributed by atoms with Crippen molar-refractivity contribution in [1.29, 1.82) is 0 Å². The molecule has 5 N–H and O–H groups in total. The summed E-state index contributed by atoms with van der Waals surface area (Å²) in [6, 6.07) is 12.5. The second-order valence-electron chi connectivity index (χ2n) is 18.9. The molecule has 0 aliphatic heterocycles. The van der Waals surface area contributed by atoms with Crippen LogP contribution in [0.1, 0.15) is 135 Å². The van der Waals surface area contributed by atoms with E-state index in [1.165, 1.54) is 11.8 Å². The summed E-state index contributed by atoms with van der Waals surface area (Å²) in [7, 11) is 9.29. The molecule has 0 atom stereocenters. The van der Waals surface area contributed by atoms with Gasteiger partial charge in [0.1, 0.15) is 11.6 Å². The Kier molecular flexibility index (Phi) is 69.3. The van der Waals surface area contributed by atoms with Crippen molar-refractivity contribution in [3.05, 3.63) is 144 Å². The standard InChI is InChI=1S/C15H12Cl2N4O.C11H19N3.C10H12ClN3.C8H8ClN3.C8H14O2.C5H9N3.5CO2.4CH4.Cl3OP.Li.H2O/c1-8-12-13(17)11(7-18-14(12)21(2)20-8)15(22)19-10-5-3-9(16)4-6-10;1-5-10(6-2)8-12-11-7-9(3)13-14(11)4;1-4-7-5-12-10-8(9(7)11)6(2)13-14(10)3;1-5-7-6(9)3-4-10-8(7)12(2)11-5;1-4-7(5-2)8(9)10-6-3;1-4-3-5(6)8(2)7-4;5*2-1-3;;;;;1-5(2,3)4;;/h3-7H,1-2H3,(H,19,22);7-8,12H,5-6H2,1-4H3;5H,4H2,1-3H3;3-4H,1-2H3;4H,5-6H2,1-3H3;3H,6H2,1-2H3;;;;;;4*1H4;;;1H2/q;;;;;;;;;;;;;;;;+1;/p-1/b;;;;7-4+;;;;;;;;;;;;;. The number of allylic oxidation sites excluding steroid dienone is 2. The third-order valence-electron chi connectivity index (χ3n) is 12.2. The molecule has 0 spiro atoms. The van der Waals surface area contributed by atoms with Crippen molar-refractivity contribution in [2.45, 2.75) is 132 Å². The van der Waals surface area contributed by atoms with Gasteiger partial charge in [-0.2, -0.15) is 73.4 Å². The van der Waals surface area contributed by atoms with Crippen LogP contribution in [0.25, 0.3) is 33.1 Å². The Morgan fingerprint density at radius 3 is 1.31 bits per heavy atom. The number of carbonyl (C=O) groups is 2.